The van der Waals surface area contributed by atoms with Crippen LogP contribution in [0.4, 0.5) is 0 Å². The third kappa shape index (κ3) is 7.52. The number of nitrogens with two attached hydrogens (primary N) is 1. The first-order valence-electron chi connectivity index (χ1n) is 8.49. The van der Waals surface area contributed by atoms with Crippen LogP contribution in [0, 0.1) is 5.92 Å². The van der Waals surface area contributed by atoms with E-state index in [0.717, 1.165) is 13.1 Å². The van der Waals surface area contributed by atoms with E-state index in [0.29, 0.717) is 37.3 Å². The molecule has 2 N–H and O–H groups in total. The highest BCUT2D eigenvalue weighted by Crippen LogP contribution is 2.16. The number of benzene rings is 1. The van der Waals surface area contributed by atoms with Crippen LogP contribution in [0.15, 0.2) is 34.9 Å². The van der Waals surface area contributed by atoms with Gasteiger partial charge in [0.05, 0.1) is 6.54 Å². The monoisotopic (exact) mass is 368 g/mol. The Morgan fingerprint density at radius 3 is 2.52 bits per heavy atom. The van der Waals surface area contributed by atoms with Crippen molar-refractivity contribution in [1.82, 2.24) is 15.0 Å². The number of nitrogens with zero attached hydrogens (tertiary/aromatic N) is 3. The first kappa shape index (κ1) is 21.6. The van der Waals surface area contributed by atoms with E-state index in [2.05, 4.69) is 41.0 Å². The highest BCUT2D eigenvalue weighted by molar-refractivity contribution is 5.85. The molecule has 0 fully saturated rings. The van der Waals surface area contributed by atoms with E-state index in [-0.39, 0.29) is 18.5 Å². The molecule has 0 radical (unpaired) electrons. The van der Waals surface area contributed by atoms with Gasteiger partial charge in [-0.1, -0.05) is 49.3 Å². The van der Waals surface area contributed by atoms with Crippen LogP contribution in [0.5, 0.6) is 0 Å². The Kier molecular flexibility index (Phi) is 9.67. The largest absolute Gasteiger partial charge is 0.370 e. The van der Waals surface area contributed by atoms with Gasteiger partial charge in [-0.05, 0) is 18.4 Å². The predicted octanol–water partition coefficient (Wildman–Crippen LogP) is 3.19. The Hall–Kier alpha value is -1.47. The number of hydrogen-bond donors (Lipinski definition) is 1. The second-order valence-corrected chi connectivity index (χ2v) is 6.40. The average Bonchev–Trinajstić information content (AvgIpc) is 3.02. The van der Waals surface area contributed by atoms with Crippen molar-refractivity contribution < 1.29 is 9.26 Å². The molecule has 0 saturated heterocycles. The van der Waals surface area contributed by atoms with E-state index in [9.17, 15) is 0 Å². The summed E-state index contributed by atoms with van der Waals surface area (Å²) in [5, 5.41) is 4.05. The summed E-state index contributed by atoms with van der Waals surface area (Å²) in [6.45, 7) is 9.58. The molecule has 7 heteroatoms. The molecule has 0 saturated carbocycles. The van der Waals surface area contributed by atoms with Crippen molar-refractivity contribution in [2.75, 3.05) is 19.7 Å². The number of halogens is 1. The van der Waals surface area contributed by atoms with Crippen LogP contribution < -0.4 is 5.73 Å². The molecule has 1 heterocycles. The normalized spacial score (nSPS) is 12.4. The van der Waals surface area contributed by atoms with Gasteiger partial charge < -0.3 is 15.0 Å². The fraction of sp³-hybridized carbons (Fsp3) is 0.556. The summed E-state index contributed by atoms with van der Waals surface area (Å²) in [4.78, 5) is 6.67. The fourth-order valence-electron chi connectivity index (χ4n) is 2.34. The summed E-state index contributed by atoms with van der Waals surface area (Å²) < 4.78 is 11.1. The maximum absolute atomic E-state index is 5.73. The van der Waals surface area contributed by atoms with Gasteiger partial charge in [-0.15, -0.1) is 12.4 Å². The molecular weight excluding hydrogens is 340 g/mol. The second-order valence-electron chi connectivity index (χ2n) is 6.40. The molecule has 1 aromatic carbocycles. The Morgan fingerprint density at radius 1 is 1.16 bits per heavy atom. The zero-order valence-electron chi connectivity index (χ0n) is 15.2. The van der Waals surface area contributed by atoms with Crippen LogP contribution in [0.2, 0.25) is 0 Å². The SMILES string of the molecule is CC(C)COC(C)c1noc(CN(CCN)Cc2ccccc2)n1.Cl. The van der Waals surface area contributed by atoms with Crippen LogP contribution in [0.3, 0.4) is 0 Å². The summed E-state index contributed by atoms with van der Waals surface area (Å²) in [6, 6.07) is 10.3. The lowest BCUT2D eigenvalue weighted by molar-refractivity contribution is 0.0402. The molecular formula is C18H29ClN4O2. The lowest BCUT2D eigenvalue weighted by atomic mass is 10.2. The van der Waals surface area contributed by atoms with Crippen molar-refractivity contribution in [3.63, 3.8) is 0 Å². The molecule has 0 aliphatic heterocycles. The molecule has 140 valence electrons. The van der Waals surface area contributed by atoms with Crippen molar-refractivity contribution in [2.24, 2.45) is 11.7 Å². The number of rotatable bonds is 10. The van der Waals surface area contributed by atoms with Crippen LogP contribution in [-0.2, 0) is 17.8 Å². The number of hydrogen-bond acceptors (Lipinski definition) is 6. The van der Waals surface area contributed by atoms with E-state index >= 15 is 0 Å². The third-order valence-corrected chi connectivity index (χ3v) is 3.58. The smallest absolute Gasteiger partial charge is 0.240 e. The number of aromatic nitrogens is 2. The van der Waals surface area contributed by atoms with Crippen molar-refractivity contribution in [1.29, 1.82) is 0 Å². The maximum atomic E-state index is 5.73. The third-order valence-electron chi connectivity index (χ3n) is 3.58. The molecule has 0 aliphatic rings. The van der Waals surface area contributed by atoms with Crippen LogP contribution in [0.25, 0.3) is 0 Å². The fourth-order valence-corrected chi connectivity index (χ4v) is 2.34. The standard InChI is InChI=1S/C18H28N4O2.ClH/c1-14(2)13-23-15(3)18-20-17(24-21-18)12-22(10-9-19)11-16-7-5-4-6-8-16;/h4-8,14-15H,9-13,19H2,1-3H3;1H. The average molecular weight is 369 g/mol. The molecule has 0 amide bonds. The molecule has 1 aromatic heterocycles. The quantitative estimate of drug-likeness (QED) is 0.694. The van der Waals surface area contributed by atoms with Gasteiger partial charge in [-0.2, -0.15) is 4.98 Å². The molecule has 2 aromatic rings. The molecule has 1 unspecified atom stereocenters. The van der Waals surface area contributed by atoms with Gasteiger partial charge in [0.2, 0.25) is 5.89 Å². The van der Waals surface area contributed by atoms with Crippen molar-refractivity contribution in [3.8, 4) is 0 Å². The van der Waals surface area contributed by atoms with Crippen LogP contribution in [-0.4, -0.2) is 34.7 Å². The van der Waals surface area contributed by atoms with E-state index < -0.39 is 0 Å². The van der Waals surface area contributed by atoms with Gasteiger partial charge in [0, 0.05) is 26.2 Å². The summed E-state index contributed by atoms with van der Waals surface area (Å²) in [6.07, 6.45) is -0.165. The second kappa shape index (κ2) is 11.2. The van der Waals surface area contributed by atoms with Gasteiger partial charge in [-0.3, -0.25) is 4.90 Å². The summed E-state index contributed by atoms with van der Waals surface area (Å²) in [5.41, 5.74) is 6.97. The topological polar surface area (TPSA) is 77.4 Å². The molecule has 0 aliphatic carbocycles. The Balaban J connectivity index is 0.00000312. The minimum Gasteiger partial charge on any atom is -0.370 e. The van der Waals surface area contributed by atoms with Gasteiger partial charge in [-0.25, -0.2) is 0 Å². The Labute approximate surface area is 156 Å². The van der Waals surface area contributed by atoms with Gasteiger partial charge in [0.15, 0.2) is 5.82 Å². The zero-order valence-corrected chi connectivity index (χ0v) is 16.0. The van der Waals surface area contributed by atoms with E-state index in [1.54, 1.807) is 0 Å². The molecule has 2 rings (SSSR count). The number of ether oxygens (including phenoxy) is 1. The highest BCUT2D eigenvalue weighted by atomic mass is 35.5. The van der Waals surface area contributed by atoms with Gasteiger partial charge in [0.1, 0.15) is 6.10 Å². The molecule has 0 spiro atoms. The first-order chi connectivity index (χ1) is 11.6. The van der Waals surface area contributed by atoms with E-state index in [1.807, 2.05) is 25.1 Å². The van der Waals surface area contributed by atoms with Gasteiger partial charge in [0.25, 0.3) is 0 Å². The predicted molar refractivity (Wildman–Crippen MR) is 100 cm³/mol. The van der Waals surface area contributed by atoms with Crippen molar-refractivity contribution >= 4 is 12.4 Å². The Bertz CT molecular complexity index is 592. The van der Waals surface area contributed by atoms with E-state index in [4.69, 9.17) is 15.0 Å². The van der Waals surface area contributed by atoms with E-state index in [1.165, 1.54) is 5.56 Å². The minimum atomic E-state index is -0.165. The van der Waals surface area contributed by atoms with Crippen molar-refractivity contribution in [3.05, 3.63) is 47.6 Å². The lowest BCUT2D eigenvalue weighted by Gasteiger charge is -2.19. The summed E-state index contributed by atoms with van der Waals surface area (Å²) >= 11 is 0. The molecule has 1 atom stereocenters. The lowest BCUT2D eigenvalue weighted by Crippen LogP contribution is -2.28. The molecule has 0 bridgehead atoms. The summed E-state index contributed by atoms with van der Waals surface area (Å²) in [7, 11) is 0. The molecule has 25 heavy (non-hydrogen) atoms. The van der Waals surface area contributed by atoms with Crippen molar-refractivity contribution in [2.45, 2.75) is 40.0 Å². The van der Waals surface area contributed by atoms with Gasteiger partial charge >= 0.3 is 0 Å². The Morgan fingerprint density at radius 2 is 1.88 bits per heavy atom. The van der Waals surface area contributed by atoms with Crippen LogP contribution >= 0.6 is 12.4 Å². The van der Waals surface area contributed by atoms with Crippen LogP contribution in [0.1, 0.15) is 44.2 Å². The maximum Gasteiger partial charge on any atom is 0.240 e. The first-order valence-corrected chi connectivity index (χ1v) is 8.49. The minimum absolute atomic E-state index is 0. The molecule has 6 nitrogen and oxygen atoms in total. The highest BCUT2D eigenvalue weighted by Gasteiger charge is 2.17. The summed E-state index contributed by atoms with van der Waals surface area (Å²) in [5.74, 6) is 1.66. The zero-order chi connectivity index (χ0) is 17.4.